The monoisotopic (exact) mass is 231 g/mol. The van der Waals surface area contributed by atoms with E-state index < -0.39 is 8.03 Å². The zero-order valence-corrected chi connectivity index (χ0v) is 9.60. The first-order valence-electron chi connectivity index (χ1n) is 5.05. The summed E-state index contributed by atoms with van der Waals surface area (Å²) >= 11 is 0. The lowest BCUT2D eigenvalue weighted by Crippen LogP contribution is -2.05. The van der Waals surface area contributed by atoms with Crippen LogP contribution in [-0.4, -0.2) is 4.89 Å². The second-order valence-electron chi connectivity index (χ2n) is 3.56. The molecule has 80 valence electrons. The molecule has 2 aromatic rings. The zero-order valence-electron chi connectivity index (χ0n) is 8.71. The van der Waals surface area contributed by atoms with Crippen molar-refractivity contribution in [3.63, 3.8) is 0 Å². The molecule has 0 spiro atoms. The Labute approximate surface area is 95.4 Å². The van der Waals surface area contributed by atoms with Gasteiger partial charge in [-0.2, -0.15) is 4.89 Å². The third-order valence-electron chi connectivity index (χ3n) is 2.44. The van der Waals surface area contributed by atoms with Crippen molar-refractivity contribution in [2.45, 2.75) is 6.42 Å². The molecule has 1 unspecified atom stereocenters. The van der Waals surface area contributed by atoms with Gasteiger partial charge >= 0.3 is 8.03 Å². The third kappa shape index (κ3) is 2.54. The van der Waals surface area contributed by atoms with E-state index in [0.29, 0.717) is 11.7 Å². The standard InChI is InChI=1S/C13H11O2P/c14-16(15)13-9-5-4-8-12(13)10-11-6-2-1-3-7-11/h1-9H,10H2/p+1. The zero-order chi connectivity index (χ0) is 11.4. The van der Waals surface area contributed by atoms with Crippen LogP contribution in [0.2, 0.25) is 0 Å². The first-order chi connectivity index (χ1) is 7.77. The van der Waals surface area contributed by atoms with Gasteiger partial charge in [0.15, 0.2) is 0 Å². The highest BCUT2D eigenvalue weighted by Gasteiger charge is 2.20. The minimum absolute atomic E-state index is 0.529. The van der Waals surface area contributed by atoms with Crippen LogP contribution in [0.4, 0.5) is 0 Å². The molecule has 1 atom stereocenters. The van der Waals surface area contributed by atoms with E-state index in [2.05, 4.69) is 0 Å². The Bertz CT molecular complexity index is 494. The summed E-state index contributed by atoms with van der Waals surface area (Å²) in [6.45, 7) is 0. The van der Waals surface area contributed by atoms with Crippen LogP contribution >= 0.6 is 8.03 Å². The Kier molecular flexibility index (Phi) is 3.45. The van der Waals surface area contributed by atoms with Crippen molar-refractivity contribution in [1.82, 2.24) is 0 Å². The number of rotatable bonds is 3. The van der Waals surface area contributed by atoms with E-state index in [1.807, 2.05) is 42.5 Å². The lowest BCUT2D eigenvalue weighted by molar-refractivity contribution is 0.513. The number of hydrogen-bond donors (Lipinski definition) is 1. The van der Waals surface area contributed by atoms with E-state index in [4.69, 9.17) is 0 Å². The van der Waals surface area contributed by atoms with E-state index in [1.54, 1.807) is 12.1 Å². The molecule has 3 heteroatoms. The van der Waals surface area contributed by atoms with E-state index >= 15 is 0 Å². The first-order valence-corrected chi connectivity index (χ1v) is 6.26. The fourth-order valence-electron chi connectivity index (χ4n) is 1.66. The number of hydrogen-bond acceptors (Lipinski definition) is 1. The molecule has 0 amide bonds. The second-order valence-corrected chi connectivity index (χ2v) is 4.59. The van der Waals surface area contributed by atoms with Crippen LogP contribution < -0.4 is 5.30 Å². The first kappa shape index (κ1) is 11.0. The molecular formula is C13H12O2P+. The maximum Gasteiger partial charge on any atom is 0.546 e. The average molecular weight is 231 g/mol. The molecule has 0 bridgehead atoms. The van der Waals surface area contributed by atoms with Gasteiger partial charge in [0, 0.05) is 12.0 Å². The highest BCUT2D eigenvalue weighted by atomic mass is 31.1. The van der Waals surface area contributed by atoms with Crippen LogP contribution in [0.15, 0.2) is 54.6 Å². The maximum atomic E-state index is 11.2. The fraction of sp³-hybridized carbons (Fsp3) is 0.0769. The second kappa shape index (κ2) is 5.02. The molecule has 16 heavy (non-hydrogen) atoms. The van der Waals surface area contributed by atoms with Gasteiger partial charge < -0.3 is 0 Å². The van der Waals surface area contributed by atoms with E-state index in [-0.39, 0.29) is 0 Å². The summed E-state index contributed by atoms with van der Waals surface area (Å²) in [5, 5.41) is 0.529. The highest BCUT2D eigenvalue weighted by molar-refractivity contribution is 7.47. The molecule has 2 nitrogen and oxygen atoms in total. The van der Waals surface area contributed by atoms with Gasteiger partial charge in [-0.05, 0) is 16.2 Å². The van der Waals surface area contributed by atoms with Gasteiger partial charge in [0.05, 0.1) is 0 Å². The summed E-state index contributed by atoms with van der Waals surface area (Å²) < 4.78 is 11.2. The van der Waals surface area contributed by atoms with Crippen LogP contribution in [0.25, 0.3) is 0 Å². The van der Waals surface area contributed by atoms with Crippen molar-refractivity contribution in [2.75, 3.05) is 0 Å². The summed E-state index contributed by atoms with van der Waals surface area (Å²) in [4.78, 5) is 9.19. The molecule has 0 saturated carbocycles. The largest absolute Gasteiger partial charge is 0.546 e. The molecule has 0 saturated heterocycles. The molecule has 0 heterocycles. The summed E-state index contributed by atoms with van der Waals surface area (Å²) in [7, 11) is -2.26. The summed E-state index contributed by atoms with van der Waals surface area (Å²) in [5.41, 5.74) is 2.06. The Balaban J connectivity index is 2.31. The number of benzene rings is 2. The molecule has 0 aromatic heterocycles. The summed E-state index contributed by atoms with van der Waals surface area (Å²) in [6, 6.07) is 17.2. The average Bonchev–Trinajstić information content (AvgIpc) is 2.31. The Hall–Kier alpha value is -1.50. The molecule has 1 N–H and O–H groups in total. The van der Waals surface area contributed by atoms with Crippen molar-refractivity contribution in [1.29, 1.82) is 0 Å². The van der Waals surface area contributed by atoms with Gasteiger partial charge in [0.2, 0.25) is 5.30 Å². The quantitative estimate of drug-likeness (QED) is 0.824. The minimum Gasteiger partial charge on any atom is -0.156 e. The molecule has 0 aliphatic heterocycles. The van der Waals surface area contributed by atoms with Crippen molar-refractivity contribution in [3.8, 4) is 0 Å². The molecule has 0 aliphatic rings. The fourth-order valence-corrected chi connectivity index (χ4v) is 2.28. The topological polar surface area (TPSA) is 37.3 Å². The summed E-state index contributed by atoms with van der Waals surface area (Å²) in [5.74, 6) is 0. The Morgan fingerprint density at radius 3 is 2.25 bits per heavy atom. The van der Waals surface area contributed by atoms with Crippen molar-refractivity contribution in [3.05, 3.63) is 65.7 Å². The molecule has 0 radical (unpaired) electrons. The normalized spacial score (nSPS) is 11.2. The lowest BCUT2D eigenvalue weighted by atomic mass is 10.1. The van der Waals surface area contributed by atoms with Gasteiger partial charge in [-0.25, -0.2) is 0 Å². The predicted molar refractivity (Wildman–Crippen MR) is 65.1 cm³/mol. The van der Waals surface area contributed by atoms with Gasteiger partial charge in [-0.15, -0.1) is 0 Å². The molecular weight excluding hydrogens is 219 g/mol. The van der Waals surface area contributed by atoms with Crippen LogP contribution in [0, 0.1) is 0 Å². The molecule has 0 fully saturated rings. The molecule has 2 rings (SSSR count). The third-order valence-corrected chi connectivity index (χ3v) is 3.28. The SMILES string of the molecule is O=[P+](O)c1ccccc1Cc1ccccc1. The minimum atomic E-state index is -2.26. The van der Waals surface area contributed by atoms with Gasteiger partial charge in [0.1, 0.15) is 0 Å². The summed E-state index contributed by atoms with van der Waals surface area (Å²) in [6.07, 6.45) is 0.693. The highest BCUT2D eigenvalue weighted by Crippen LogP contribution is 2.18. The molecule has 2 aromatic carbocycles. The van der Waals surface area contributed by atoms with Crippen molar-refractivity contribution in [2.24, 2.45) is 0 Å². The van der Waals surface area contributed by atoms with E-state index in [9.17, 15) is 9.46 Å². The van der Waals surface area contributed by atoms with E-state index in [0.717, 1.165) is 11.1 Å². The Morgan fingerprint density at radius 2 is 1.56 bits per heavy atom. The Morgan fingerprint density at radius 1 is 0.938 bits per heavy atom. The van der Waals surface area contributed by atoms with Crippen LogP contribution in [-0.2, 0) is 11.0 Å². The predicted octanol–water partition coefficient (Wildman–Crippen LogP) is 2.64. The van der Waals surface area contributed by atoms with Crippen LogP contribution in [0.1, 0.15) is 11.1 Å². The van der Waals surface area contributed by atoms with E-state index in [1.165, 1.54) is 0 Å². The van der Waals surface area contributed by atoms with Gasteiger partial charge in [-0.1, -0.05) is 48.5 Å². The van der Waals surface area contributed by atoms with Crippen molar-refractivity contribution < 1.29 is 9.46 Å². The maximum absolute atomic E-state index is 11.2. The van der Waals surface area contributed by atoms with Gasteiger partial charge in [0.25, 0.3) is 0 Å². The van der Waals surface area contributed by atoms with Gasteiger partial charge in [-0.3, -0.25) is 0 Å². The smallest absolute Gasteiger partial charge is 0.156 e. The van der Waals surface area contributed by atoms with Crippen LogP contribution in [0.3, 0.4) is 0 Å². The molecule has 0 aliphatic carbocycles. The van der Waals surface area contributed by atoms with Crippen LogP contribution in [0.5, 0.6) is 0 Å². The van der Waals surface area contributed by atoms with Crippen molar-refractivity contribution >= 4 is 13.3 Å². The lowest BCUT2D eigenvalue weighted by Gasteiger charge is -2.00.